The Bertz CT molecular complexity index is 1380. The van der Waals surface area contributed by atoms with E-state index in [2.05, 4.69) is 44.1 Å². The van der Waals surface area contributed by atoms with E-state index in [0.29, 0.717) is 17.4 Å². The average molecular weight is 532 g/mol. The van der Waals surface area contributed by atoms with E-state index in [1.165, 1.54) is 0 Å². The number of aryl methyl sites for hydroxylation is 1. The maximum absolute atomic E-state index is 6.56. The molecule has 0 amide bonds. The van der Waals surface area contributed by atoms with Crippen molar-refractivity contribution in [2.75, 3.05) is 57.1 Å². The number of fused-ring (bicyclic) bond motifs is 1. The monoisotopic (exact) mass is 531 g/mol. The minimum atomic E-state index is 0.466. The number of ether oxygens (including phenoxy) is 1. The normalized spacial score (nSPS) is 16.4. The van der Waals surface area contributed by atoms with E-state index in [0.717, 1.165) is 90.1 Å². The fourth-order valence-corrected chi connectivity index (χ4v) is 5.35. The molecule has 0 radical (unpaired) electrons. The molecule has 3 aromatic rings. The predicted molar refractivity (Wildman–Crippen MR) is 156 cm³/mol. The van der Waals surface area contributed by atoms with Crippen LogP contribution in [0.25, 0.3) is 5.57 Å². The molecule has 1 fully saturated rings. The van der Waals surface area contributed by atoms with Crippen LogP contribution in [0.1, 0.15) is 30.2 Å². The van der Waals surface area contributed by atoms with Gasteiger partial charge in [-0.2, -0.15) is 0 Å². The van der Waals surface area contributed by atoms with E-state index in [1.54, 1.807) is 14.2 Å². The van der Waals surface area contributed by atoms with E-state index in [-0.39, 0.29) is 0 Å². The quantitative estimate of drug-likeness (QED) is 0.425. The maximum Gasteiger partial charge on any atom is 0.227 e. The molecule has 3 N–H and O–H groups in total. The zero-order chi connectivity index (χ0) is 26.6. The second kappa shape index (κ2) is 11.4. The Morgan fingerprint density at radius 2 is 1.92 bits per heavy atom. The van der Waals surface area contributed by atoms with Gasteiger partial charge in [-0.15, -0.1) is 0 Å². The van der Waals surface area contributed by atoms with E-state index in [9.17, 15) is 0 Å². The highest BCUT2D eigenvalue weighted by Crippen LogP contribution is 2.35. The zero-order valence-corrected chi connectivity index (χ0v) is 22.9. The third-order valence-electron chi connectivity index (χ3n) is 7.29. The van der Waals surface area contributed by atoms with Crippen molar-refractivity contribution >= 4 is 40.2 Å². The number of hydrogen-bond donors (Lipinski definition) is 2. The number of rotatable bonds is 7. The summed E-state index contributed by atoms with van der Waals surface area (Å²) in [7, 11) is 3.43. The topological polar surface area (TPSA) is 91.9 Å². The van der Waals surface area contributed by atoms with Crippen LogP contribution in [0.4, 0.5) is 17.3 Å². The Balaban J connectivity index is 1.44. The minimum absolute atomic E-state index is 0.466. The van der Waals surface area contributed by atoms with Crippen LogP contribution < -0.4 is 20.7 Å². The number of likely N-dealkylation sites (N-methyl/N-ethyl adjacent to an activating group) is 1. The molecule has 2 aromatic carbocycles. The van der Waals surface area contributed by atoms with Gasteiger partial charge in [0.1, 0.15) is 5.75 Å². The first kappa shape index (κ1) is 26.0. The summed E-state index contributed by atoms with van der Waals surface area (Å²) < 4.78 is 5.75. The van der Waals surface area contributed by atoms with Crippen LogP contribution in [-0.2, 0) is 6.42 Å². The molecule has 0 saturated carbocycles. The molecule has 2 aliphatic rings. The number of halogens is 1. The number of nitrogens with two attached hydrogens (primary N) is 1. The fraction of sp³-hybridized carbons (Fsp3) is 0.345. The minimum Gasteiger partial charge on any atom is -0.494 e. The highest BCUT2D eigenvalue weighted by Gasteiger charge is 2.26. The van der Waals surface area contributed by atoms with Crippen molar-refractivity contribution in [1.29, 1.82) is 0 Å². The smallest absolute Gasteiger partial charge is 0.227 e. The molecule has 0 spiro atoms. The summed E-state index contributed by atoms with van der Waals surface area (Å²) >= 11 is 6.54. The summed E-state index contributed by atoms with van der Waals surface area (Å²) in [6, 6.07) is 13.9. The number of allylic oxidation sites excluding steroid dienone is 2. The van der Waals surface area contributed by atoms with E-state index >= 15 is 0 Å². The van der Waals surface area contributed by atoms with Crippen LogP contribution in [0, 0.1) is 0 Å². The van der Waals surface area contributed by atoms with Gasteiger partial charge in [0, 0.05) is 73.0 Å². The molecule has 0 atom stereocenters. The van der Waals surface area contributed by atoms with Crippen LogP contribution in [0.15, 0.2) is 59.4 Å². The van der Waals surface area contributed by atoms with Gasteiger partial charge in [0.05, 0.1) is 24.2 Å². The van der Waals surface area contributed by atoms with Crippen molar-refractivity contribution in [3.63, 3.8) is 0 Å². The van der Waals surface area contributed by atoms with Crippen LogP contribution in [0.5, 0.6) is 5.75 Å². The van der Waals surface area contributed by atoms with Gasteiger partial charge in [-0.3, -0.25) is 4.99 Å². The zero-order valence-electron chi connectivity index (χ0n) is 22.2. The standard InChI is InChI=1S/C29H34ClN7O/c1-4-36-13-15-37(16-14-36)20-10-12-24(25(17-20)38-3)34-29-33-18-19-9-11-23(31)26(27(19)35-29)28(32-2)21-7-5-6-8-22(21)30/h5-8,10,12,17-18H,4,9,11,13-16,31H2,1-3H3,(H,33,34,35). The highest BCUT2D eigenvalue weighted by atomic mass is 35.5. The Labute approximate surface area is 229 Å². The van der Waals surface area contributed by atoms with Gasteiger partial charge in [0.25, 0.3) is 0 Å². The lowest BCUT2D eigenvalue weighted by atomic mass is 9.88. The fourth-order valence-electron chi connectivity index (χ4n) is 5.12. The van der Waals surface area contributed by atoms with Crippen molar-refractivity contribution in [2.45, 2.75) is 19.8 Å². The van der Waals surface area contributed by atoms with E-state index in [4.69, 9.17) is 27.1 Å². The summed E-state index contributed by atoms with van der Waals surface area (Å²) in [5, 5.41) is 3.98. The molecule has 1 aliphatic heterocycles. The third kappa shape index (κ3) is 5.19. The molecule has 9 heteroatoms. The largest absolute Gasteiger partial charge is 0.494 e. The highest BCUT2D eigenvalue weighted by molar-refractivity contribution is 6.40. The number of aromatic nitrogens is 2. The molecular formula is C29H34ClN7O. The second-order valence-corrected chi connectivity index (χ2v) is 9.86. The number of methoxy groups -OCH3 is 1. The van der Waals surface area contributed by atoms with Crippen LogP contribution in [0.3, 0.4) is 0 Å². The van der Waals surface area contributed by atoms with Crippen molar-refractivity contribution in [3.8, 4) is 5.75 Å². The lowest BCUT2D eigenvalue weighted by Gasteiger charge is -2.35. The summed E-state index contributed by atoms with van der Waals surface area (Å²) in [5.41, 5.74) is 13.4. The Hall–Kier alpha value is -3.62. The van der Waals surface area contributed by atoms with Crippen molar-refractivity contribution in [1.82, 2.24) is 14.9 Å². The van der Waals surface area contributed by atoms with Gasteiger partial charge in [-0.25, -0.2) is 9.97 Å². The summed E-state index contributed by atoms with van der Waals surface area (Å²) in [4.78, 5) is 19.0. The molecule has 1 aromatic heterocycles. The third-order valence-corrected chi connectivity index (χ3v) is 7.62. The molecule has 0 unspecified atom stereocenters. The van der Waals surface area contributed by atoms with Gasteiger partial charge in [-0.05, 0) is 43.1 Å². The molecule has 38 heavy (non-hydrogen) atoms. The van der Waals surface area contributed by atoms with Crippen molar-refractivity contribution in [3.05, 3.63) is 76.2 Å². The molecule has 1 aliphatic carbocycles. The number of benzene rings is 2. The lowest BCUT2D eigenvalue weighted by molar-refractivity contribution is 0.271. The maximum atomic E-state index is 6.56. The lowest BCUT2D eigenvalue weighted by Crippen LogP contribution is -2.46. The van der Waals surface area contributed by atoms with Crippen LogP contribution >= 0.6 is 11.6 Å². The number of hydrogen-bond acceptors (Lipinski definition) is 8. The first-order valence-electron chi connectivity index (χ1n) is 13.0. The number of piperazine rings is 1. The number of nitrogens with zero attached hydrogens (tertiary/aromatic N) is 5. The number of aliphatic imine (C=N–C) groups is 1. The van der Waals surface area contributed by atoms with Crippen molar-refractivity contribution < 1.29 is 4.74 Å². The predicted octanol–water partition coefficient (Wildman–Crippen LogP) is 4.76. The summed E-state index contributed by atoms with van der Waals surface area (Å²) in [6.45, 7) is 7.44. The molecule has 1 saturated heterocycles. The number of anilines is 3. The van der Waals surface area contributed by atoms with Crippen LogP contribution in [-0.4, -0.2) is 67.5 Å². The first-order chi connectivity index (χ1) is 18.5. The number of nitrogens with one attached hydrogen (secondary N) is 1. The molecule has 8 nitrogen and oxygen atoms in total. The Kier molecular flexibility index (Phi) is 7.81. The van der Waals surface area contributed by atoms with Gasteiger partial charge < -0.3 is 25.6 Å². The molecule has 0 bridgehead atoms. The summed E-state index contributed by atoms with van der Waals surface area (Å²) in [6.07, 6.45) is 3.35. The molecule has 198 valence electrons. The molecular weight excluding hydrogens is 498 g/mol. The SMILES string of the molecule is CCN1CCN(c2ccc(Nc3ncc4c(n3)C(C(=NC)c3ccccc3Cl)=C(N)CC4)c(OC)c2)CC1. The second-order valence-electron chi connectivity index (χ2n) is 9.45. The first-order valence-corrected chi connectivity index (χ1v) is 13.4. The van der Waals surface area contributed by atoms with Gasteiger partial charge in [0.15, 0.2) is 0 Å². The Morgan fingerprint density at radius 3 is 2.63 bits per heavy atom. The van der Waals surface area contributed by atoms with Gasteiger partial charge >= 0.3 is 0 Å². The van der Waals surface area contributed by atoms with Crippen molar-refractivity contribution in [2.24, 2.45) is 10.7 Å². The molecule has 5 rings (SSSR count). The Morgan fingerprint density at radius 1 is 1.13 bits per heavy atom. The molecule has 2 heterocycles. The average Bonchev–Trinajstić information content (AvgIpc) is 2.95. The van der Waals surface area contributed by atoms with Crippen LogP contribution in [0.2, 0.25) is 5.02 Å². The van der Waals surface area contributed by atoms with E-state index < -0.39 is 0 Å². The van der Waals surface area contributed by atoms with E-state index in [1.807, 2.05) is 36.5 Å². The van der Waals surface area contributed by atoms with Gasteiger partial charge in [-0.1, -0.05) is 36.7 Å². The van der Waals surface area contributed by atoms with Gasteiger partial charge in [0.2, 0.25) is 5.95 Å². The summed E-state index contributed by atoms with van der Waals surface area (Å²) in [5.74, 6) is 1.21.